The van der Waals surface area contributed by atoms with Crippen molar-refractivity contribution in [1.29, 1.82) is 0 Å². The minimum atomic E-state index is -0.0290. The maximum Gasteiger partial charge on any atom is 0.222 e. The fourth-order valence-electron chi connectivity index (χ4n) is 1.90. The number of hydrogen-bond donors (Lipinski definition) is 3. The number of carbonyl (C=O) groups excluding carboxylic acids is 1. The maximum atomic E-state index is 11.5. The fraction of sp³-hybridized carbons (Fsp3) is 0.700. The lowest BCUT2D eigenvalue weighted by Gasteiger charge is -2.13. The Morgan fingerprint density at radius 1 is 1.31 bits per heavy atom. The Labute approximate surface area is 94.2 Å². The minimum Gasteiger partial charge on any atom is -0.355 e. The summed E-state index contributed by atoms with van der Waals surface area (Å²) in [4.78, 5) is 11.5. The van der Waals surface area contributed by atoms with Crippen molar-refractivity contribution in [3.63, 3.8) is 0 Å². The van der Waals surface area contributed by atoms with Gasteiger partial charge in [0, 0.05) is 19.5 Å². The summed E-state index contributed by atoms with van der Waals surface area (Å²) in [5.74, 6) is 0.370. The van der Waals surface area contributed by atoms with Gasteiger partial charge in [-0.3, -0.25) is 4.79 Å². The van der Waals surface area contributed by atoms with Crippen LogP contribution in [0.2, 0.25) is 0 Å². The molecule has 1 aromatic heterocycles. The number of carbonyl (C=O) groups is 1. The van der Waals surface area contributed by atoms with Gasteiger partial charge in [0.1, 0.15) is 5.69 Å². The molecule has 2 rings (SSSR count). The number of amides is 1. The number of aromatic amines is 1. The first-order valence-electron chi connectivity index (χ1n) is 5.59. The van der Waals surface area contributed by atoms with Crippen LogP contribution in [-0.4, -0.2) is 34.4 Å². The molecule has 0 aromatic carbocycles. The van der Waals surface area contributed by atoms with Crippen LogP contribution in [0, 0.1) is 0 Å². The van der Waals surface area contributed by atoms with Crippen LogP contribution in [0.15, 0.2) is 0 Å². The van der Waals surface area contributed by atoms with E-state index in [4.69, 9.17) is 0 Å². The van der Waals surface area contributed by atoms with Gasteiger partial charge in [0.05, 0.1) is 11.7 Å². The van der Waals surface area contributed by atoms with Crippen molar-refractivity contribution < 1.29 is 4.79 Å². The van der Waals surface area contributed by atoms with Crippen LogP contribution in [0.5, 0.6) is 0 Å². The molecule has 2 heterocycles. The number of hydrogen-bond acceptors (Lipinski definition) is 4. The van der Waals surface area contributed by atoms with Crippen LogP contribution < -0.4 is 10.6 Å². The molecule has 0 aliphatic carbocycles. The molecule has 6 nitrogen and oxygen atoms in total. The average molecular weight is 223 g/mol. The van der Waals surface area contributed by atoms with Crippen molar-refractivity contribution in [2.75, 3.05) is 13.1 Å². The Bertz CT molecular complexity index is 373. The van der Waals surface area contributed by atoms with E-state index in [1.165, 1.54) is 0 Å². The van der Waals surface area contributed by atoms with Gasteiger partial charge in [-0.1, -0.05) is 13.8 Å². The lowest BCUT2D eigenvalue weighted by molar-refractivity contribution is -0.121. The molecule has 1 aliphatic rings. The molecular weight excluding hydrogens is 206 g/mol. The summed E-state index contributed by atoms with van der Waals surface area (Å²) in [7, 11) is 0. The highest BCUT2D eigenvalue weighted by molar-refractivity contribution is 5.77. The van der Waals surface area contributed by atoms with Crippen LogP contribution in [0.3, 0.4) is 0 Å². The Balaban J connectivity index is 2.21. The zero-order valence-corrected chi connectivity index (χ0v) is 9.58. The Morgan fingerprint density at radius 3 is 2.88 bits per heavy atom. The van der Waals surface area contributed by atoms with Gasteiger partial charge in [0.2, 0.25) is 5.91 Å². The molecule has 16 heavy (non-hydrogen) atoms. The lowest BCUT2D eigenvalue weighted by Crippen LogP contribution is -2.25. The van der Waals surface area contributed by atoms with Crippen molar-refractivity contribution in [2.45, 2.75) is 32.2 Å². The van der Waals surface area contributed by atoms with Gasteiger partial charge in [-0.25, -0.2) is 0 Å². The smallest absolute Gasteiger partial charge is 0.222 e. The van der Waals surface area contributed by atoms with Crippen LogP contribution in [-0.2, 0) is 4.79 Å². The van der Waals surface area contributed by atoms with Gasteiger partial charge in [-0.05, 0) is 5.92 Å². The van der Waals surface area contributed by atoms with Crippen molar-refractivity contribution in [3.05, 3.63) is 11.4 Å². The normalized spacial score (nSPS) is 21.9. The molecule has 1 fully saturated rings. The van der Waals surface area contributed by atoms with Crippen molar-refractivity contribution in [3.8, 4) is 0 Å². The van der Waals surface area contributed by atoms with E-state index in [-0.39, 0.29) is 11.9 Å². The summed E-state index contributed by atoms with van der Waals surface area (Å²) in [6.07, 6.45) is 0.423. The number of nitrogens with one attached hydrogen (secondary N) is 3. The molecule has 1 aliphatic heterocycles. The van der Waals surface area contributed by atoms with E-state index < -0.39 is 0 Å². The quantitative estimate of drug-likeness (QED) is 0.663. The third-order valence-electron chi connectivity index (χ3n) is 2.71. The van der Waals surface area contributed by atoms with E-state index in [0.717, 1.165) is 17.9 Å². The number of H-pyrrole nitrogens is 1. The Hall–Kier alpha value is -1.43. The van der Waals surface area contributed by atoms with E-state index in [2.05, 4.69) is 39.9 Å². The van der Waals surface area contributed by atoms with Crippen molar-refractivity contribution >= 4 is 5.91 Å². The summed E-state index contributed by atoms with van der Waals surface area (Å²) in [5.41, 5.74) is 1.80. The second kappa shape index (κ2) is 4.61. The highest BCUT2D eigenvalue weighted by Crippen LogP contribution is 2.23. The van der Waals surface area contributed by atoms with E-state index in [0.29, 0.717) is 18.9 Å². The molecule has 3 N–H and O–H groups in total. The number of aromatic nitrogens is 3. The first kappa shape index (κ1) is 11.1. The van der Waals surface area contributed by atoms with Crippen LogP contribution in [0.25, 0.3) is 0 Å². The average Bonchev–Trinajstić information content (AvgIpc) is 2.62. The number of nitrogens with zero attached hydrogens (tertiary/aromatic N) is 2. The van der Waals surface area contributed by atoms with Gasteiger partial charge in [0.25, 0.3) is 0 Å². The first-order valence-corrected chi connectivity index (χ1v) is 5.59. The molecule has 1 unspecified atom stereocenters. The zero-order chi connectivity index (χ0) is 11.5. The van der Waals surface area contributed by atoms with Gasteiger partial charge in [-0.15, -0.1) is 0 Å². The molecule has 6 heteroatoms. The third-order valence-corrected chi connectivity index (χ3v) is 2.71. The van der Waals surface area contributed by atoms with Crippen molar-refractivity contribution in [2.24, 2.45) is 0 Å². The summed E-state index contributed by atoms with van der Waals surface area (Å²) >= 11 is 0. The second-order valence-electron chi connectivity index (χ2n) is 4.31. The standard InChI is InChI=1S/C10H17N5O/c1-6(2)9-10(14-15-13-9)7-5-8(16)12-4-3-11-7/h6-7,11H,3-5H2,1-2H3,(H,12,16)(H,13,14,15). The monoisotopic (exact) mass is 223 g/mol. The van der Waals surface area contributed by atoms with Crippen molar-refractivity contribution in [1.82, 2.24) is 26.0 Å². The molecule has 1 amide bonds. The molecule has 1 aromatic rings. The van der Waals surface area contributed by atoms with E-state index >= 15 is 0 Å². The van der Waals surface area contributed by atoms with Crippen LogP contribution in [0.4, 0.5) is 0 Å². The van der Waals surface area contributed by atoms with E-state index in [1.54, 1.807) is 0 Å². The largest absolute Gasteiger partial charge is 0.355 e. The molecule has 88 valence electrons. The fourth-order valence-corrected chi connectivity index (χ4v) is 1.90. The molecule has 0 saturated carbocycles. The molecule has 1 atom stereocenters. The molecule has 0 radical (unpaired) electrons. The predicted octanol–water partition coefficient (Wildman–Crippen LogP) is 0.0787. The summed E-state index contributed by atoms with van der Waals surface area (Å²) in [5, 5.41) is 17.1. The van der Waals surface area contributed by atoms with E-state index in [1.807, 2.05) is 0 Å². The Morgan fingerprint density at radius 2 is 2.12 bits per heavy atom. The first-order chi connectivity index (χ1) is 7.68. The minimum absolute atomic E-state index is 0.0290. The number of rotatable bonds is 2. The van der Waals surface area contributed by atoms with Gasteiger partial charge >= 0.3 is 0 Å². The van der Waals surface area contributed by atoms with Gasteiger partial charge < -0.3 is 10.6 Å². The molecule has 0 spiro atoms. The van der Waals surface area contributed by atoms with E-state index in [9.17, 15) is 4.79 Å². The topological polar surface area (TPSA) is 82.7 Å². The predicted molar refractivity (Wildman–Crippen MR) is 58.8 cm³/mol. The zero-order valence-electron chi connectivity index (χ0n) is 9.58. The van der Waals surface area contributed by atoms with Crippen LogP contribution in [0.1, 0.15) is 43.6 Å². The third kappa shape index (κ3) is 2.21. The highest BCUT2D eigenvalue weighted by Gasteiger charge is 2.24. The highest BCUT2D eigenvalue weighted by atomic mass is 16.1. The summed E-state index contributed by atoms with van der Waals surface area (Å²) in [6, 6.07) is -0.0290. The molecule has 1 saturated heterocycles. The Kier molecular flexibility index (Phi) is 3.19. The second-order valence-corrected chi connectivity index (χ2v) is 4.31. The van der Waals surface area contributed by atoms with Gasteiger partial charge in [0.15, 0.2) is 0 Å². The van der Waals surface area contributed by atoms with Crippen LogP contribution >= 0.6 is 0 Å². The summed E-state index contributed by atoms with van der Waals surface area (Å²) < 4.78 is 0. The summed E-state index contributed by atoms with van der Waals surface area (Å²) in [6.45, 7) is 5.57. The maximum absolute atomic E-state index is 11.5. The molecular formula is C10H17N5O. The molecule has 0 bridgehead atoms. The lowest BCUT2D eigenvalue weighted by atomic mass is 10.0. The SMILES string of the molecule is CC(C)c1n[nH]nc1C1CC(=O)NCCN1. The van der Waals surface area contributed by atoms with Gasteiger partial charge in [-0.2, -0.15) is 15.4 Å².